The van der Waals surface area contributed by atoms with Gasteiger partial charge in [0.15, 0.2) is 0 Å². The van der Waals surface area contributed by atoms with Crippen LogP contribution >= 0.6 is 43.2 Å². The van der Waals surface area contributed by atoms with E-state index in [2.05, 4.69) is 54.3 Å². The van der Waals surface area contributed by atoms with Gasteiger partial charge in [0.1, 0.15) is 5.01 Å². The van der Waals surface area contributed by atoms with E-state index in [1.807, 2.05) is 19.3 Å². The number of nitrogens with zero attached hydrogens (tertiary/aromatic N) is 1. The number of rotatable bonds is 3. The van der Waals surface area contributed by atoms with Crippen LogP contribution in [0, 0.1) is 0 Å². The van der Waals surface area contributed by atoms with Gasteiger partial charge in [-0.2, -0.15) is 0 Å². The summed E-state index contributed by atoms with van der Waals surface area (Å²) in [5.41, 5.74) is 1.14. The third-order valence-corrected chi connectivity index (χ3v) is 5.00. The number of benzene rings is 1. The molecule has 1 aromatic carbocycles. The van der Waals surface area contributed by atoms with E-state index in [0.717, 1.165) is 26.1 Å². The molecule has 5 heteroatoms. The van der Waals surface area contributed by atoms with Gasteiger partial charge >= 0.3 is 0 Å². The van der Waals surface area contributed by atoms with E-state index in [1.54, 1.807) is 11.3 Å². The van der Waals surface area contributed by atoms with Crippen LogP contribution in [0.4, 0.5) is 0 Å². The topological polar surface area (TPSA) is 24.9 Å². The van der Waals surface area contributed by atoms with Crippen molar-refractivity contribution in [1.29, 1.82) is 0 Å². The van der Waals surface area contributed by atoms with Crippen molar-refractivity contribution in [3.63, 3.8) is 0 Å². The Hall–Kier alpha value is -0.230. The first-order valence-corrected chi connectivity index (χ1v) is 7.15. The van der Waals surface area contributed by atoms with Gasteiger partial charge in [-0.05, 0) is 51.0 Å². The van der Waals surface area contributed by atoms with Crippen molar-refractivity contribution in [3.8, 4) is 10.6 Å². The van der Waals surface area contributed by atoms with Crippen LogP contribution in [0.25, 0.3) is 10.6 Å². The Morgan fingerprint density at radius 2 is 2.12 bits per heavy atom. The third kappa shape index (κ3) is 2.71. The van der Waals surface area contributed by atoms with Gasteiger partial charge in [-0.1, -0.05) is 6.07 Å². The zero-order valence-electron chi connectivity index (χ0n) is 8.63. The van der Waals surface area contributed by atoms with Gasteiger partial charge in [0.2, 0.25) is 0 Å². The van der Waals surface area contributed by atoms with E-state index >= 15 is 0 Å². The number of thiazole rings is 1. The van der Waals surface area contributed by atoms with Gasteiger partial charge in [-0.15, -0.1) is 11.3 Å². The molecular formula is C11H10Br2N2S. The second-order valence-corrected chi connectivity index (χ2v) is 6.11. The highest BCUT2D eigenvalue weighted by Gasteiger charge is 2.06. The molecule has 0 saturated carbocycles. The summed E-state index contributed by atoms with van der Waals surface area (Å²) in [5, 5.41) is 4.18. The highest BCUT2D eigenvalue weighted by atomic mass is 79.9. The van der Waals surface area contributed by atoms with E-state index in [9.17, 15) is 0 Å². The average Bonchev–Trinajstić information content (AvgIpc) is 2.71. The summed E-state index contributed by atoms with van der Waals surface area (Å²) in [6.07, 6.45) is 1.92. The highest BCUT2D eigenvalue weighted by molar-refractivity contribution is 9.13. The summed E-state index contributed by atoms with van der Waals surface area (Å²) >= 11 is 8.67. The lowest BCUT2D eigenvalue weighted by Crippen LogP contribution is -2.02. The molecule has 1 heterocycles. The van der Waals surface area contributed by atoms with Crippen LogP contribution in [0.2, 0.25) is 0 Å². The number of nitrogens with one attached hydrogen (secondary N) is 1. The summed E-state index contributed by atoms with van der Waals surface area (Å²) in [7, 11) is 1.94. The van der Waals surface area contributed by atoms with Gasteiger partial charge in [0, 0.05) is 32.1 Å². The SMILES string of the molecule is CNCc1cnc(-c2ccc(Br)c(Br)c2)s1. The van der Waals surface area contributed by atoms with E-state index < -0.39 is 0 Å². The van der Waals surface area contributed by atoms with Crippen LogP contribution in [0.1, 0.15) is 4.88 Å². The average molecular weight is 362 g/mol. The molecule has 84 valence electrons. The molecule has 0 radical (unpaired) electrons. The standard InChI is InChI=1S/C11H10Br2N2S/c1-14-5-8-6-15-11(16-8)7-2-3-9(12)10(13)4-7/h2-4,6,14H,5H2,1H3. The first kappa shape index (κ1) is 12.2. The van der Waals surface area contributed by atoms with Crippen LogP contribution in [-0.4, -0.2) is 12.0 Å². The summed E-state index contributed by atoms with van der Waals surface area (Å²) in [4.78, 5) is 5.67. The Morgan fingerprint density at radius 1 is 1.31 bits per heavy atom. The van der Waals surface area contributed by atoms with Gasteiger partial charge in [0.05, 0.1) is 0 Å². The number of hydrogen-bond donors (Lipinski definition) is 1. The Labute approximate surface area is 115 Å². The molecule has 1 N–H and O–H groups in total. The largest absolute Gasteiger partial charge is 0.315 e. The molecule has 0 aliphatic heterocycles. The van der Waals surface area contributed by atoms with Crippen molar-refractivity contribution < 1.29 is 0 Å². The molecule has 0 unspecified atom stereocenters. The molecule has 2 nitrogen and oxygen atoms in total. The van der Waals surface area contributed by atoms with E-state index in [1.165, 1.54) is 4.88 Å². The first-order valence-electron chi connectivity index (χ1n) is 4.75. The Kier molecular flexibility index (Phi) is 4.13. The maximum absolute atomic E-state index is 4.42. The lowest BCUT2D eigenvalue weighted by atomic mass is 10.2. The van der Waals surface area contributed by atoms with Crippen LogP contribution in [0.5, 0.6) is 0 Å². The number of halogens is 2. The second-order valence-electron chi connectivity index (χ2n) is 3.29. The predicted molar refractivity (Wildman–Crippen MR) is 75.7 cm³/mol. The summed E-state index contributed by atoms with van der Waals surface area (Å²) in [6.45, 7) is 0.870. The zero-order chi connectivity index (χ0) is 11.5. The first-order chi connectivity index (χ1) is 7.70. The maximum Gasteiger partial charge on any atom is 0.123 e. The molecule has 16 heavy (non-hydrogen) atoms. The minimum Gasteiger partial charge on any atom is -0.315 e. The zero-order valence-corrected chi connectivity index (χ0v) is 12.6. The Morgan fingerprint density at radius 3 is 2.81 bits per heavy atom. The van der Waals surface area contributed by atoms with Gasteiger partial charge in [0.25, 0.3) is 0 Å². The monoisotopic (exact) mass is 360 g/mol. The minimum atomic E-state index is 0.870. The fourth-order valence-corrected chi connectivity index (χ4v) is 2.87. The lowest BCUT2D eigenvalue weighted by molar-refractivity contribution is 0.829. The molecule has 2 rings (SSSR count). The number of aromatic nitrogens is 1. The molecule has 0 atom stereocenters. The fourth-order valence-electron chi connectivity index (χ4n) is 1.33. The Balaban J connectivity index is 2.31. The molecule has 0 fully saturated rings. The maximum atomic E-state index is 4.42. The molecule has 0 aliphatic rings. The molecular weight excluding hydrogens is 352 g/mol. The molecule has 0 amide bonds. The smallest absolute Gasteiger partial charge is 0.123 e. The second kappa shape index (κ2) is 5.40. The lowest BCUT2D eigenvalue weighted by Gasteiger charge is -1.99. The molecule has 1 aromatic heterocycles. The summed E-state index contributed by atoms with van der Waals surface area (Å²) < 4.78 is 2.11. The molecule has 0 saturated heterocycles. The van der Waals surface area contributed by atoms with Crippen molar-refractivity contribution in [2.75, 3.05) is 7.05 Å². The third-order valence-electron chi connectivity index (χ3n) is 2.07. The van der Waals surface area contributed by atoms with Gasteiger partial charge in [-0.3, -0.25) is 0 Å². The van der Waals surface area contributed by atoms with Crippen LogP contribution in [0.15, 0.2) is 33.3 Å². The minimum absolute atomic E-state index is 0.870. The van der Waals surface area contributed by atoms with Crippen molar-refractivity contribution in [2.24, 2.45) is 0 Å². The quantitative estimate of drug-likeness (QED) is 0.891. The molecule has 0 spiro atoms. The molecule has 0 bridgehead atoms. The van der Waals surface area contributed by atoms with Crippen molar-refractivity contribution in [3.05, 3.63) is 38.2 Å². The van der Waals surface area contributed by atoms with Gasteiger partial charge < -0.3 is 5.32 Å². The predicted octanol–water partition coefficient (Wildman–Crippen LogP) is 4.05. The van der Waals surface area contributed by atoms with E-state index in [0.29, 0.717) is 0 Å². The van der Waals surface area contributed by atoms with Crippen molar-refractivity contribution in [2.45, 2.75) is 6.54 Å². The van der Waals surface area contributed by atoms with Crippen LogP contribution in [-0.2, 0) is 6.54 Å². The molecule has 2 aromatic rings. The van der Waals surface area contributed by atoms with Crippen molar-refractivity contribution in [1.82, 2.24) is 10.3 Å². The van der Waals surface area contributed by atoms with Crippen LogP contribution < -0.4 is 5.32 Å². The highest BCUT2D eigenvalue weighted by Crippen LogP contribution is 2.31. The summed E-state index contributed by atoms with van der Waals surface area (Å²) in [5.74, 6) is 0. The Bertz CT molecular complexity index is 496. The summed E-state index contributed by atoms with van der Waals surface area (Å²) in [6, 6.07) is 6.17. The number of hydrogen-bond acceptors (Lipinski definition) is 3. The van der Waals surface area contributed by atoms with Gasteiger partial charge in [-0.25, -0.2) is 4.98 Å². The van der Waals surface area contributed by atoms with E-state index in [-0.39, 0.29) is 0 Å². The van der Waals surface area contributed by atoms with E-state index in [4.69, 9.17) is 0 Å². The fraction of sp³-hybridized carbons (Fsp3) is 0.182. The normalized spacial score (nSPS) is 10.7. The molecule has 0 aliphatic carbocycles. The van der Waals surface area contributed by atoms with Crippen LogP contribution in [0.3, 0.4) is 0 Å². The van der Waals surface area contributed by atoms with Crippen molar-refractivity contribution >= 4 is 43.2 Å².